The number of nitrogens with one attached hydrogen (secondary N) is 2. The number of carbonyl (C=O) groups excluding carboxylic acids is 2. The number of aryl methyl sites for hydroxylation is 1. The van der Waals surface area contributed by atoms with Gasteiger partial charge in [-0.15, -0.1) is 0 Å². The lowest BCUT2D eigenvalue weighted by Gasteiger charge is -2.40. The number of anilines is 3. The average molecular weight is 702 g/mol. The van der Waals surface area contributed by atoms with E-state index in [4.69, 9.17) is 0 Å². The fourth-order valence-corrected chi connectivity index (χ4v) is 8.97. The van der Waals surface area contributed by atoms with E-state index in [0.29, 0.717) is 35.4 Å². The standard InChI is InChI=1S/C43H48FN5O3/c44-38-27-33(45-39-15-17-41(51)46-43(39)52)9-16-40(38)49-24-22-47(23-25-49)28-29-18-20-48(21-19-29)34-10-6-31(7-11-34)42-36(30-4-2-1-3-5-30)13-8-32-26-35(50)12-14-37(32)42/h1-7,9-12,14,16,26-27,29,36,39,42,45,50H,8,13,15,17-25,28H2,(H,46,51,52)/t36-,39?,42+/m1/s1. The quantitative estimate of drug-likeness (QED) is 0.178. The van der Waals surface area contributed by atoms with Crippen molar-refractivity contribution in [3.05, 3.63) is 119 Å². The Labute approximate surface area is 305 Å². The summed E-state index contributed by atoms with van der Waals surface area (Å²) in [4.78, 5) is 30.7. The van der Waals surface area contributed by atoms with Crippen molar-refractivity contribution in [2.45, 2.75) is 56.4 Å². The number of phenols is 1. The molecule has 1 aliphatic carbocycles. The summed E-state index contributed by atoms with van der Waals surface area (Å²) in [6.07, 6.45) is 5.04. The molecule has 270 valence electrons. The summed E-state index contributed by atoms with van der Waals surface area (Å²) >= 11 is 0. The molecule has 4 aromatic rings. The van der Waals surface area contributed by atoms with E-state index in [1.165, 1.54) is 34.0 Å². The van der Waals surface area contributed by atoms with E-state index in [-0.39, 0.29) is 30.0 Å². The second-order valence-corrected chi connectivity index (χ2v) is 15.0. The van der Waals surface area contributed by atoms with Crippen LogP contribution in [0.15, 0.2) is 91.0 Å². The Morgan fingerprint density at radius 1 is 0.750 bits per heavy atom. The van der Waals surface area contributed by atoms with Gasteiger partial charge in [0.2, 0.25) is 11.8 Å². The van der Waals surface area contributed by atoms with Crippen LogP contribution in [-0.2, 0) is 16.0 Å². The second kappa shape index (κ2) is 15.0. The topological polar surface area (TPSA) is 88.2 Å². The molecular formula is C43H48FN5O3. The summed E-state index contributed by atoms with van der Waals surface area (Å²) in [6, 6.07) is 30.6. The van der Waals surface area contributed by atoms with E-state index < -0.39 is 6.04 Å². The Morgan fingerprint density at radius 2 is 1.52 bits per heavy atom. The van der Waals surface area contributed by atoms with Crippen molar-refractivity contribution in [3.8, 4) is 5.75 Å². The molecule has 4 aromatic carbocycles. The van der Waals surface area contributed by atoms with Gasteiger partial charge in [0, 0.05) is 69.5 Å². The number of carbonyl (C=O) groups is 2. The van der Waals surface area contributed by atoms with Gasteiger partial charge in [-0.1, -0.05) is 48.5 Å². The first-order valence-corrected chi connectivity index (χ1v) is 19.0. The highest BCUT2D eigenvalue weighted by molar-refractivity contribution is 6.01. The molecule has 0 bridgehead atoms. The number of piperidine rings is 2. The highest BCUT2D eigenvalue weighted by Gasteiger charge is 2.33. The van der Waals surface area contributed by atoms with Crippen molar-refractivity contribution in [1.82, 2.24) is 10.2 Å². The fraction of sp³-hybridized carbons (Fsp3) is 0.395. The number of imide groups is 1. The van der Waals surface area contributed by atoms with Gasteiger partial charge in [0.15, 0.2) is 0 Å². The monoisotopic (exact) mass is 701 g/mol. The van der Waals surface area contributed by atoms with E-state index in [2.05, 4.69) is 86.0 Å². The van der Waals surface area contributed by atoms with Crippen molar-refractivity contribution in [2.24, 2.45) is 5.92 Å². The van der Waals surface area contributed by atoms with Crippen LogP contribution in [0.5, 0.6) is 5.75 Å². The molecule has 8 rings (SSSR count). The number of amides is 2. The molecule has 3 atom stereocenters. The number of hydrogen-bond donors (Lipinski definition) is 3. The predicted molar refractivity (Wildman–Crippen MR) is 204 cm³/mol. The van der Waals surface area contributed by atoms with Crippen molar-refractivity contribution in [2.75, 3.05) is 60.9 Å². The van der Waals surface area contributed by atoms with E-state index in [0.717, 1.165) is 71.5 Å². The molecule has 0 radical (unpaired) electrons. The summed E-state index contributed by atoms with van der Waals surface area (Å²) < 4.78 is 15.2. The molecule has 8 nitrogen and oxygen atoms in total. The molecule has 52 heavy (non-hydrogen) atoms. The van der Waals surface area contributed by atoms with Crippen molar-refractivity contribution >= 4 is 28.9 Å². The van der Waals surface area contributed by atoms with Crippen LogP contribution in [0.3, 0.4) is 0 Å². The van der Waals surface area contributed by atoms with Crippen molar-refractivity contribution in [3.63, 3.8) is 0 Å². The van der Waals surface area contributed by atoms with Gasteiger partial charge >= 0.3 is 0 Å². The van der Waals surface area contributed by atoms with Crippen LogP contribution in [0.2, 0.25) is 0 Å². The number of hydrogen-bond acceptors (Lipinski definition) is 7. The molecule has 3 fully saturated rings. The maximum atomic E-state index is 15.2. The number of phenolic OH excluding ortho intramolecular Hbond substituents is 1. The third kappa shape index (κ3) is 7.37. The number of nitrogens with zero attached hydrogens (tertiary/aromatic N) is 3. The summed E-state index contributed by atoms with van der Waals surface area (Å²) in [5.74, 6) is 0.722. The zero-order chi connectivity index (χ0) is 35.6. The Morgan fingerprint density at radius 3 is 2.25 bits per heavy atom. The van der Waals surface area contributed by atoms with Gasteiger partial charge in [-0.2, -0.15) is 0 Å². The highest BCUT2D eigenvalue weighted by Crippen LogP contribution is 2.47. The van der Waals surface area contributed by atoms with Gasteiger partial charge in [-0.25, -0.2) is 4.39 Å². The normalized spacial score (nSPS) is 22.9. The molecule has 4 aliphatic rings. The van der Waals surface area contributed by atoms with Crippen LogP contribution in [0, 0.1) is 11.7 Å². The highest BCUT2D eigenvalue weighted by atomic mass is 19.1. The van der Waals surface area contributed by atoms with Crippen LogP contribution in [0.25, 0.3) is 0 Å². The van der Waals surface area contributed by atoms with Crippen molar-refractivity contribution in [1.29, 1.82) is 0 Å². The minimum atomic E-state index is -0.533. The Bertz CT molecular complexity index is 1890. The maximum absolute atomic E-state index is 15.2. The number of piperazine rings is 1. The molecule has 3 N–H and O–H groups in total. The van der Waals surface area contributed by atoms with Gasteiger partial charge in [-0.3, -0.25) is 19.8 Å². The molecule has 0 aromatic heterocycles. The van der Waals surface area contributed by atoms with Gasteiger partial charge in [0.05, 0.1) is 5.69 Å². The summed E-state index contributed by atoms with van der Waals surface area (Å²) in [7, 11) is 0. The molecule has 9 heteroatoms. The lowest BCUT2D eigenvalue weighted by molar-refractivity contribution is -0.133. The first-order valence-electron chi connectivity index (χ1n) is 19.0. The van der Waals surface area contributed by atoms with Crippen molar-refractivity contribution < 1.29 is 19.1 Å². The molecule has 0 saturated carbocycles. The smallest absolute Gasteiger partial charge is 0.249 e. The third-order valence-corrected chi connectivity index (χ3v) is 11.8. The molecule has 3 aliphatic heterocycles. The summed E-state index contributed by atoms with van der Waals surface area (Å²) in [6.45, 7) is 6.55. The second-order valence-electron chi connectivity index (χ2n) is 15.0. The van der Waals surface area contributed by atoms with Crippen LogP contribution >= 0.6 is 0 Å². The average Bonchev–Trinajstić information content (AvgIpc) is 3.17. The van der Waals surface area contributed by atoms with Gasteiger partial charge < -0.3 is 20.2 Å². The molecule has 2 amide bonds. The maximum Gasteiger partial charge on any atom is 0.249 e. The van der Waals surface area contributed by atoms with E-state index in [1.807, 2.05) is 18.2 Å². The number of aromatic hydroxyl groups is 1. The lowest BCUT2D eigenvalue weighted by atomic mass is 9.69. The first-order chi connectivity index (χ1) is 25.4. The molecule has 3 saturated heterocycles. The minimum absolute atomic E-state index is 0.254. The summed E-state index contributed by atoms with van der Waals surface area (Å²) in [5, 5.41) is 15.6. The lowest BCUT2D eigenvalue weighted by Crippen LogP contribution is -2.49. The van der Waals surface area contributed by atoms with E-state index in [9.17, 15) is 14.7 Å². The largest absolute Gasteiger partial charge is 0.508 e. The number of benzene rings is 4. The zero-order valence-electron chi connectivity index (χ0n) is 29.6. The van der Waals surface area contributed by atoms with Gasteiger partial charge in [-0.05, 0) is 109 Å². The van der Waals surface area contributed by atoms with E-state index >= 15 is 4.39 Å². The molecule has 0 spiro atoms. The molecule has 3 heterocycles. The Kier molecular flexibility index (Phi) is 9.86. The van der Waals surface area contributed by atoms with Crippen LogP contribution < -0.4 is 20.4 Å². The molecular weight excluding hydrogens is 654 g/mol. The summed E-state index contributed by atoms with van der Waals surface area (Å²) in [5.41, 5.74) is 7.72. The van der Waals surface area contributed by atoms with Gasteiger partial charge in [0.25, 0.3) is 0 Å². The number of fused-ring (bicyclic) bond motifs is 1. The SMILES string of the molecule is O=C1CCC(Nc2ccc(N3CCN(CC4CCN(c5ccc([C@@H]6c7ccc(O)cc7CC[C@@H]6c6ccccc6)cc5)CC4)CC3)c(F)c2)C(=O)N1. The van der Waals surface area contributed by atoms with Crippen LogP contribution in [0.1, 0.15) is 66.2 Å². The number of halogens is 1. The molecule has 1 unspecified atom stereocenters. The zero-order valence-corrected chi connectivity index (χ0v) is 29.6. The predicted octanol–water partition coefficient (Wildman–Crippen LogP) is 6.65. The first kappa shape index (κ1) is 34.2. The van der Waals surface area contributed by atoms with E-state index in [1.54, 1.807) is 6.07 Å². The third-order valence-electron chi connectivity index (χ3n) is 11.8. The van der Waals surface area contributed by atoms with Gasteiger partial charge in [0.1, 0.15) is 17.6 Å². The Hall–Kier alpha value is -4.89. The van der Waals surface area contributed by atoms with Crippen LogP contribution in [0.4, 0.5) is 21.5 Å². The fourth-order valence-electron chi connectivity index (χ4n) is 8.97. The van der Waals surface area contributed by atoms with Crippen LogP contribution in [-0.4, -0.2) is 73.7 Å². The minimum Gasteiger partial charge on any atom is -0.508 e. The number of rotatable bonds is 8. The Balaban J connectivity index is 0.835.